The monoisotopic (exact) mass is 379 g/mol. The minimum absolute atomic E-state index is 0.242. The zero-order chi connectivity index (χ0) is 18.6. The third-order valence-electron chi connectivity index (χ3n) is 4.87. The van der Waals surface area contributed by atoms with E-state index in [1.54, 1.807) is 6.26 Å². The molecule has 27 heavy (non-hydrogen) atoms. The van der Waals surface area contributed by atoms with Gasteiger partial charge in [0.2, 0.25) is 0 Å². The molecule has 0 bridgehead atoms. The number of hydrogen-bond acceptors (Lipinski definition) is 3. The molecule has 4 rings (SSSR count). The molecule has 0 aliphatic carbocycles. The van der Waals surface area contributed by atoms with Gasteiger partial charge in [0.15, 0.2) is 0 Å². The maximum atomic E-state index is 6.15. The number of imidazole rings is 1. The van der Waals surface area contributed by atoms with Gasteiger partial charge in [-0.2, -0.15) is 0 Å². The second kappa shape index (κ2) is 7.99. The molecule has 1 atom stereocenters. The number of fused-ring (bicyclic) bond motifs is 1. The summed E-state index contributed by atoms with van der Waals surface area (Å²) < 4.78 is 7.75. The smallest absolute Gasteiger partial charge is 0.137 e. The highest BCUT2D eigenvalue weighted by atomic mass is 35.5. The maximum absolute atomic E-state index is 6.15. The first-order valence-corrected chi connectivity index (χ1v) is 9.52. The van der Waals surface area contributed by atoms with Crippen molar-refractivity contribution in [2.24, 2.45) is 0 Å². The number of rotatable bonds is 7. The summed E-state index contributed by atoms with van der Waals surface area (Å²) in [7, 11) is 0. The van der Waals surface area contributed by atoms with Crippen molar-refractivity contribution < 1.29 is 4.42 Å². The molecule has 3 heterocycles. The van der Waals surface area contributed by atoms with Crippen LogP contribution in [0.25, 0.3) is 5.65 Å². The highest BCUT2D eigenvalue weighted by Gasteiger charge is 2.16. The molecule has 0 aliphatic heterocycles. The molecule has 4 nitrogen and oxygen atoms in total. The van der Waals surface area contributed by atoms with Crippen molar-refractivity contribution in [1.82, 2.24) is 14.7 Å². The number of benzene rings is 1. The van der Waals surface area contributed by atoms with Gasteiger partial charge in [-0.25, -0.2) is 4.98 Å². The van der Waals surface area contributed by atoms with Gasteiger partial charge >= 0.3 is 0 Å². The minimum atomic E-state index is 0.242. The number of pyridine rings is 1. The highest BCUT2D eigenvalue weighted by molar-refractivity contribution is 6.30. The van der Waals surface area contributed by atoms with Gasteiger partial charge in [0.1, 0.15) is 11.4 Å². The second-order valence-electron chi connectivity index (χ2n) is 6.66. The molecular formula is C22H22ClN3O. The summed E-state index contributed by atoms with van der Waals surface area (Å²) in [6.07, 6.45) is 4.61. The van der Waals surface area contributed by atoms with Crippen LogP contribution in [0.3, 0.4) is 0 Å². The van der Waals surface area contributed by atoms with Crippen molar-refractivity contribution in [3.05, 3.63) is 94.8 Å². The van der Waals surface area contributed by atoms with Gasteiger partial charge in [-0.15, -0.1) is 0 Å². The lowest BCUT2D eigenvalue weighted by Crippen LogP contribution is -2.19. The zero-order valence-corrected chi connectivity index (χ0v) is 16.0. The largest absolute Gasteiger partial charge is 0.469 e. The van der Waals surface area contributed by atoms with Crippen molar-refractivity contribution in [2.45, 2.75) is 25.8 Å². The summed E-state index contributed by atoms with van der Waals surface area (Å²) in [6, 6.07) is 18.3. The third-order valence-corrected chi connectivity index (χ3v) is 5.10. The van der Waals surface area contributed by atoms with E-state index in [4.69, 9.17) is 16.0 Å². The van der Waals surface area contributed by atoms with Crippen LogP contribution in [0.1, 0.15) is 35.1 Å². The van der Waals surface area contributed by atoms with Gasteiger partial charge in [0, 0.05) is 18.7 Å². The number of hydrogen-bond donors (Lipinski definition) is 1. The minimum Gasteiger partial charge on any atom is -0.469 e. The molecule has 0 saturated heterocycles. The number of halogens is 1. The first-order chi connectivity index (χ1) is 13.2. The van der Waals surface area contributed by atoms with Crippen LogP contribution >= 0.6 is 11.6 Å². The van der Waals surface area contributed by atoms with Gasteiger partial charge in [-0.05, 0) is 49.7 Å². The lowest BCUT2D eigenvalue weighted by Gasteiger charge is -2.16. The van der Waals surface area contributed by atoms with Crippen LogP contribution in [0.4, 0.5) is 0 Å². The molecule has 1 N–H and O–H groups in total. The van der Waals surface area contributed by atoms with Crippen molar-refractivity contribution >= 4 is 17.2 Å². The summed E-state index contributed by atoms with van der Waals surface area (Å²) in [4.78, 5) is 4.61. The Labute approximate surface area is 163 Å². The summed E-state index contributed by atoms with van der Waals surface area (Å²) >= 11 is 6.15. The molecule has 0 radical (unpaired) electrons. The van der Waals surface area contributed by atoms with Crippen LogP contribution < -0.4 is 5.32 Å². The molecule has 0 fully saturated rings. The van der Waals surface area contributed by atoms with Crippen LogP contribution in [-0.4, -0.2) is 15.9 Å². The van der Waals surface area contributed by atoms with E-state index in [2.05, 4.69) is 39.0 Å². The summed E-state index contributed by atoms with van der Waals surface area (Å²) in [5, 5.41) is 4.27. The molecule has 4 aromatic rings. The number of nitrogens with zero attached hydrogens (tertiary/aromatic N) is 2. The fraction of sp³-hybridized carbons (Fsp3) is 0.227. The average molecular weight is 380 g/mol. The average Bonchev–Trinajstić information content (AvgIpc) is 3.31. The highest BCUT2D eigenvalue weighted by Crippen LogP contribution is 2.28. The van der Waals surface area contributed by atoms with Gasteiger partial charge in [0.05, 0.1) is 22.7 Å². The van der Waals surface area contributed by atoms with Crippen LogP contribution in [0.15, 0.2) is 71.5 Å². The lowest BCUT2D eigenvalue weighted by atomic mass is 9.93. The molecule has 1 aromatic carbocycles. The van der Waals surface area contributed by atoms with Gasteiger partial charge < -0.3 is 14.1 Å². The molecule has 3 aromatic heterocycles. The van der Waals surface area contributed by atoms with Crippen LogP contribution in [0.5, 0.6) is 0 Å². The maximum Gasteiger partial charge on any atom is 0.137 e. The number of aryl methyl sites for hydroxylation is 1. The molecule has 5 heteroatoms. The first-order valence-electron chi connectivity index (χ1n) is 9.14. The predicted octanol–water partition coefficient (Wildman–Crippen LogP) is 5.20. The van der Waals surface area contributed by atoms with E-state index in [1.807, 2.05) is 43.5 Å². The molecule has 0 saturated carbocycles. The Morgan fingerprint density at radius 2 is 1.96 bits per heavy atom. The topological polar surface area (TPSA) is 42.5 Å². The van der Waals surface area contributed by atoms with Crippen molar-refractivity contribution in [2.75, 3.05) is 6.54 Å². The molecular weight excluding hydrogens is 358 g/mol. The number of furan rings is 1. The molecule has 0 spiro atoms. The molecule has 0 amide bonds. The Bertz CT molecular complexity index is 1010. The Kier molecular flexibility index (Phi) is 5.28. The van der Waals surface area contributed by atoms with Crippen molar-refractivity contribution in [3.8, 4) is 0 Å². The molecule has 1 unspecified atom stereocenters. The van der Waals surface area contributed by atoms with E-state index in [0.29, 0.717) is 5.02 Å². The molecule has 138 valence electrons. The normalized spacial score (nSPS) is 12.5. The third kappa shape index (κ3) is 3.92. The zero-order valence-electron chi connectivity index (χ0n) is 15.2. The van der Waals surface area contributed by atoms with E-state index >= 15 is 0 Å². The van der Waals surface area contributed by atoms with E-state index in [0.717, 1.165) is 42.3 Å². The molecule has 0 aliphatic rings. The Morgan fingerprint density at radius 3 is 2.74 bits per heavy atom. The van der Waals surface area contributed by atoms with E-state index in [9.17, 15) is 0 Å². The van der Waals surface area contributed by atoms with Crippen LogP contribution in [0, 0.1) is 6.92 Å². The van der Waals surface area contributed by atoms with Gasteiger partial charge in [0.25, 0.3) is 0 Å². The predicted molar refractivity (Wildman–Crippen MR) is 108 cm³/mol. The fourth-order valence-electron chi connectivity index (χ4n) is 3.50. The summed E-state index contributed by atoms with van der Waals surface area (Å²) in [5.41, 5.74) is 4.36. The Balaban J connectivity index is 1.44. The summed E-state index contributed by atoms with van der Waals surface area (Å²) in [5.74, 6) is 1.24. The van der Waals surface area contributed by atoms with E-state index < -0.39 is 0 Å². The SMILES string of the molecule is Cc1nc2ccc(Cl)cn2c1CNCCC(c1ccccc1)c1ccco1. The number of aromatic nitrogens is 2. The van der Waals surface area contributed by atoms with Gasteiger partial charge in [-0.1, -0.05) is 41.9 Å². The quantitative estimate of drug-likeness (QED) is 0.449. The standard InChI is InChI=1S/C22H22ClN3O/c1-16-20(26-15-18(23)9-10-22(26)25-16)14-24-12-11-19(21-8-5-13-27-21)17-6-3-2-4-7-17/h2-10,13,15,19,24H,11-12,14H2,1H3. The fourth-order valence-corrected chi connectivity index (χ4v) is 3.66. The Hall–Kier alpha value is -2.56. The van der Waals surface area contributed by atoms with Crippen LogP contribution in [-0.2, 0) is 6.54 Å². The van der Waals surface area contributed by atoms with Crippen LogP contribution in [0.2, 0.25) is 5.02 Å². The van der Waals surface area contributed by atoms with E-state index in [-0.39, 0.29) is 5.92 Å². The van der Waals surface area contributed by atoms with Crippen molar-refractivity contribution in [1.29, 1.82) is 0 Å². The van der Waals surface area contributed by atoms with Crippen molar-refractivity contribution in [3.63, 3.8) is 0 Å². The van der Waals surface area contributed by atoms with Gasteiger partial charge in [-0.3, -0.25) is 0 Å². The second-order valence-corrected chi connectivity index (χ2v) is 7.10. The lowest BCUT2D eigenvalue weighted by molar-refractivity contribution is 0.466. The van der Waals surface area contributed by atoms with E-state index in [1.165, 1.54) is 5.56 Å². The summed E-state index contributed by atoms with van der Waals surface area (Å²) in [6.45, 7) is 3.65. The Morgan fingerprint density at radius 1 is 1.11 bits per heavy atom. The number of nitrogens with one attached hydrogen (secondary N) is 1. The first kappa shape index (κ1) is 17.8.